The van der Waals surface area contributed by atoms with Crippen molar-refractivity contribution < 1.29 is 4.79 Å². The van der Waals surface area contributed by atoms with Gasteiger partial charge in [-0.2, -0.15) is 0 Å². The number of piperidine rings is 1. The first-order valence-electron chi connectivity index (χ1n) is 6.86. The molecule has 4 nitrogen and oxygen atoms in total. The average Bonchev–Trinajstić information content (AvgIpc) is 2.82. The maximum absolute atomic E-state index is 12.1. The molecule has 0 spiro atoms. The van der Waals surface area contributed by atoms with Crippen LogP contribution in [-0.4, -0.2) is 23.5 Å². The molecule has 2 heterocycles. The Morgan fingerprint density at radius 1 is 1.26 bits per heavy atom. The Bertz CT molecular complexity index is 420. The number of carbonyl (C=O) groups excluding carboxylic acids is 1. The van der Waals surface area contributed by atoms with Gasteiger partial charge in [0.25, 0.3) is 0 Å². The fourth-order valence-electron chi connectivity index (χ4n) is 2.67. The highest BCUT2D eigenvalue weighted by atomic mass is 35.5. The number of anilines is 1. The molecule has 3 rings (SSSR count). The monoisotopic (exact) mass is 301 g/mol. The lowest BCUT2D eigenvalue weighted by molar-refractivity contribution is -0.118. The molecule has 1 amide bonds. The first-order valence-corrected chi connectivity index (χ1v) is 7.67. The van der Waals surface area contributed by atoms with E-state index in [-0.39, 0.29) is 24.4 Å². The molecule has 0 unspecified atom stereocenters. The van der Waals surface area contributed by atoms with E-state index in [2.05, 4.69) is 15.6 Å². The Balaban J connectivity index is 0.00000133. The molecule has 1 aromatic heterocycles. The van der Waals surface area contributed by atoms with Gasteiger partial charge in [-0.05, 0) is 45.1 Å². The summed E-state index contributed by atoms with van der Waals surface area (Å²) in [5, 5.41) is 7.03. The predicted octanol–water partition coefficient (Wildman–Crippen LogP) is 2.52. The van der Waals surface area contributed by atoms with Crippen molar-refractivity contribution in [2.75, 3.05) is 11.9 Å². The van der Waals surface area contributed by atoms with Gasteiger partial charge in [0, 0.05) is 4.88 Å². The van der Waals surface area contributed by atoms with Crippen molar-refractivity contribution in [2.45, 2.75) is 51.0 Å². The third kappa shape index (κ3) is 3.46. The molecular weight excluding hydrogens is 282 g/mol. The van der Waals surface area contributed by atoms with Gasteiger partial charge in [-0.1, -0.05) is 6.42 Å². The van der Waals surface area contributed by atoms with Gasteiger partial charge in [-0.25, -0.2) is 4.98 Å². The Morgan fingerprint density at radius 2 is 2.11 bits per heavy atom. The van der Waals surface area contributed by atoms with E-state index in [1.807, 2.05) is 0 Å². The van der Waals surface area contributed by atoms with Crippen LogP contribution in [0.2, 0.25) is 0 Å². The Morgan fingerprint density at radius 3 is 2.84 bits per heavy atom. The molecule has 1 fully saturated rings. The van der Waals surface area contributed by atoms with Crippen LogP contribution in [0.3, 0.4) is 0 Å². The Kier molecular flexibility index (Phi) is 5.19. The molecule has 1 aromatic rings. The maximum Gasteiger partial charge on any atom is 0.243 e. The van der Waals surface area contributed by atoms with Crippen LogP contribution in [0.4, 0.5) is 5.13 Å². The number of hydrogen-bond acceptors (Lipinski definition) is 4. The summed E-state index contributed by atoms with van der Waals surface area (Å²) < 4.78 is 0. The molecule has 0 radical (unpaired) electrons. The minimum Gasteiger partial charge on any atom is -0.306 e. The van der Waals surface area contributed by atoms with Crippen molar-refractivity contribution in [3.8, 4) is 0 Å². The van der Waals surface area contributed by atoms with Crippen molar-refractivity contribution in [1.82, 2.24) is 10.3 Å². The lowest BCUT2D eigenvalue weighted by atomic mass is 10.0. The van der Waals surface area contributed by atoms with Crippen LogP contribution in [-0.2, 0) is 17.6 Å². The van der Waals surface area contributed by atoms with Gasteiger partial charge in [0.05, 0.1) is 11.7 Å². The van der Waals surface area contributed by atoms with Crippen LogP contribution in [0.25, 0.3) is 0 Å². The molecule has 0 bridgehead atoms. The van der Waals surface area contributed by atoms with Gasteiger partial charge in [-0.15, -0.1) is 23.7 Å². The summed E-state index contributed by atoms with van der Waals surface area (Å²) in [5.41, 5.74) is 1.21. The molecule has 6 heteroatoms. The van der Waals surface area contributed by atoms with Crippen LogP contribution >= 0.6 is 23.7 Å². The molecule has 106 valence electrons. The molecule has 19 heavy (non-hydrogen) atoms. The molecule has 0 saturated carbocycles. The summed E-state index contributed by atoms with van der Waals surface area (Å²) in [6.45, 7) is 0.951. The number of amides is 1. The van der Waals surface area contributed by atoms with Crippen molar-refractivity contribution in [3.05, 3.63) is 10.6 Å². The summed E-state index contributed by atoms with van der Waals surface area (Å²) in [7, 11) is 0. The first kappa shape index (κ1) is 14.8. The molecule has 2 N–H and O–H groups in total. The standard InChI is InChI=1S/C13H19N3OS.ClH/c17-12(10-6-3-4-8-14-10)16-13-15-9-5-1-2-7-11(9)18-13;/h10,14H,1-8H2,(H,15,16,17);1H/t10-;/m0./s1. The quantitative estimate of drug-likeness (QED) is 0.882. The number of thiazole rings is 1. The number of nitrogens with zero attached hydrogens (tertiary/aromatic N) is 1. The smallest absolute Gasteiger partial charge is 0.243 e. The van der Waals surface area contributed by atoms with E-state index in [0.717, 1.165) is 37.4 Å². The van der Waals surface area contributed by atoms with Gasteiger partial charge in [0.1, 0.15) is 0 Å². The highest BCUT2D eigenvalue weighted by Crippen LogP contribution is 2.29. The van der Waals surface area contributed by atoms with E-state index in [4.69, 9.17) is 0 Å². The lowest BCUT2D eigenvalue weighted by Crippen LogP contribution is -2.43. The summed E-state index contributed by atoms with van der Waals surface area (Å²) in [4.78, 5) is 18.0. The molecule has 1 atom stereocenters. The SMILES string of the molecule is Cl.O=C(Nc1nc2c(s1)CCCC2)[C@@H]1CCCCN1. The lowest BCUT2D eigenvalue weighted by Gasteiger charge is -2.21. The minimum atomic E-state index is -0.0281. The second-order valence-corrected chi connectivity index (χ2v) is 6.17. The molecule has 1 saturated heterocycles. The molecule has 1 aliphatic carbocycles. The molecule has 0 aromatic carbocycles. The Hall–Kier alpha value is -0.650. The third-order valence-corrected chi connectivity index (χ3v) is 4.78. The molecule has 1 aliphatic heterocycles. The maximum atomic E-state index is 12.1. The van der Waals surface area contributed by atoms with Crippen LogP contribution in [0.1, 0.15) is 42.7 Å². The van der Waals surface area contributed by atoms with Gasteiger partial charge in [-0.3, -0.25) is 4.79 Å². The van der Waals surface area contributed by atoms with Crippen molar-refractivity contribution in [3.63, 3.8) is 0 Å². The Labute approximate surface area is 123 Å². The van der Waals surface area contributed by atoms with E-state index in [9.17, 15) is 4.79 Å². The zero-order valence-electron chi connectivity index (χ0n) is 10.9. The molecule has 2 aliphatic rings. The number of nitrogens with one attached hydrogen (secondary N) is 2. The number of fused-ring (bicyclic) bond motifs is 1. The first-order chi connectivity index (χ1) is 8.83. The summed E-state index contributed by atoms with van der Waals surface area (Å²) >= 11 is 1.66. The summed E-state index contributed by atoms with van der Waals surface area (Å²) in [6.07, 6.45) is 7.95. The average molecular weight is 302 g/mol. The van der Waals surface area contributed by atoms with Crippen molar-refractivity contribution in [2.24, 2.45) is 0 Å². The van der Waals surface area contributed by atoms with E-state index in [1.54, 1.807) is 11.3 Å². The minimum absolute atomic E-state index is 0. The second kappa shape index (κ2) is 6.68. The predicted molar refractivity (Wildman–Crippen MR) is 80.3 cm³/mol. The highest BCUT2D eigenvalue weighted by molar-refractivity contribution is 7.15. The van der Waals surface area contributed by atoms with E-state index >= 15 is 0 Å². The fourth-order valence-corrected chi connectivity index (χ4v) is 3.73. The number of aryl methyl sites for hydroxylation is 2. The molecular formula is C13H20ClN3OS. The third-order valence-electron chi connectivity index (χ3n) is 3.70. The van der Waals surface area contributed by atoms with Crippen molar-refractivity contribution in [1.29, 1.82) is 0 Å². The number of halogens is 1. The van der Waals surface area contributed by atoms with E-state index in [1.165, 1.54) is 29.8 Å². The zero-order valence-corrected chi connectivity index (χ0v) is 12.5. The fraction of sp³-hybridized carbons (Fsp3) is 0.692. The van der Waals surface area contributed by atoms with E-state index in [0.29, 0.717) is 0 Å². The number of aromatic nitrogens is 1. The van der Waals surface area contributed by atoms with Gasteiger partial charge in [0.2, 0.25) is 5.91 Å². The number of carbonyl (C=O) groups is 1. The van der Waals surface area contributed by atoms with Crippen LogP contribution in [0, 0.1) is 0 Å². The number of hydrogen-bond donors (Lipinski definition) is 2. The normalized spacial score (nSPS) is 22.2. The van der Waals surface area contributed by atoms with Gasteiger partial charge in [0.15, 0.2) is 5.13 Å². The zero-order chi connectivity index (χ0) is 12.4. The largest absolute Gasteiger partial charge is 0.306 e. The van der Waals surface area contributed by atoms with Crippen LogP contribution in [0.15, 0.2) is 0 Å². The van der Waals surface area contributed by atoms with Crippen LogP contribution in [0.5, 0.6) is 0 Å². The van der Waals surface area contributed by atoms with Gasteiger partial charge >= 0.3 is 0 Å². The number of rotatable bonds is 2. The topological polar surface area (TPSA) is 54.0 Å². The second-order valence-electron chi connectivity index (χ2n) is 5.09. The summed E-state index contributed by atoms with van der Waals surface area (Å²) in [5.74, 6) is 0.0841. The van der Waals surface area contributed by atoms with Gasteiger partial charge < -0.3 is 10.6 Å². The van der Waals surface area contributed by atoms with Crippen LogP contribution < -0.4 is 10.6 Å². The highest BCUT2D eigenvalue weighted by Gasteiger charge is 2.22. The summed E-state index contributed by atoms with van der Waals surface area (Å²) in [6, 6.07) is -0.0281. The van der Waals surface area contributed by atoms with E-state index < -0.39 is 0 Å². The van der Waals surface area contributed by atoms with Crippen molar-refractivity contribution >= 4 is 34.8 Å².